The van der Waals surface area contributed by atoms with Crippen molar-refractivity contribution >= 4 is 23.1 Å². The molecule has 6 heteroatoms. The second-order valence-corrected chi connectivity index (χ2v) is 7.17. The number of fused-ring (bicyclic) bond motifs is 1. The van der Waals surface area contributed by atoms with E-state index < -0.39 is 0 Å². The fourth-order valence-corrected chi connectivity index (χ4v) is 3.80. The fraction of sp³-hybridized carbons (Fsp3) is 0.444. The lowest BCUT2D eigenvalue weighted by molar-refractivity contribution is 0.410. The lowest BCUT2D eigenvalue weighted by Crippen LogP contribution is -2.33. The highest BCUT2D eigenvalue weighted by molar-refractivity contribution is 6.31. The van der Waals surface area contributed by atoms with E-state index in [1.165, 1.54) is 0 Å². The van der Waals surface area contributed by atoms with Gasteiger partial charge in [-0.25, -0.2) is 9.50 Å². The summed E-state index contributed by atoms with van der Waals surface area (Å²) in [5, 5.41) is 8.77. The van der Waals surface area contributed by atoms with Gasteiger partial charge >= 0.3 is 0 Å². The van der Waals surface area contributed by atoms with E-state index >= 15 is 0 Å². The van der Waals surface area contributed by atoms with E-state index in [-0.39, 0.29) is 5.92 Å². The number of nitrogens with two attached hydrogens (primary N) is 1. The highest BCUT2D eigenvalue weighted by atomic mass is 35.5. The van der Waals surface area contributed by atoms with Gasteiger partial charge in [0.05, 0.1) is 6.20 Å². The van der Waals surface area contributed by atoms with Gasteiger partial charge in [-0.2, -0.15) is 5.10 Å². The predicted octanol–water partition coefficient (Wildman–Crippen LogP) is 3.58. The number of rotatable bonds is 3. The van der Waals surface area contributed by atoms with E-state index in [9.17, 15) is 0 Å². The summed E-state index contributed by atoms with van der Waals surface area (Å²) in [7, 11) is 0. The number of aromatic nitrogens is 3. The fourth-order valence-electron chi connectivity index (χ4n) is 3.56. The van der Waals surface area contributed by atoms with Crippen molar-refractivity contribution in [3.05, 3.63) is 47.3 Å². The third kappa shape index (κ3) is 3.19. The summed E-state index contributed by atoms with van der Waals surface area (Å²) in [4.78, 5) is 4.81. The molecule has 0 aromatic carbocycles. The SMILES string of the molecule is NC1CCC(Nc2ccn3ncc(C4C=C(Cl)C=CC4)c3n2)CC1. The minimum atomic E-state index is 0.232. The van der Waals surface area contributed by atoms with Crippen LogP contribution in [0.1, 0.15) is 43.6 Å². The Labute approximate surface area is 146 Å². The lowest BCUT2D eigenvalue weighted by atomic mass is 9.92. The Morgan fingerprint density at radius 1 is 1.25 bits per heavy atom. The number of hydrogen-bond donors (Lipinski definition) is 2. The molecule has 1 unspecified atom stereocenters. The van der Waals surface area contributed by atoms with Gasteiger partial charge in [-0.3, -0.25) is 0 Å². The van der Waals surface area contributed by atoms with Crippen LogP contribution in [-0.2, 0) is 0 Å². The Bertz CT molecular complexity index is 786. The van der Waals surface area contributed by atoms with E-state index in [0.717, 1.165) is 54.2 Å². The van der Waals surface area contributed by atoms with Crippen molar-refractivity contribution in [1.82, 2.24) is 14.6 Å². The Balaban J connectivity index is 1.58. The molecular formula is C18H22ClN5. The van der Waals surface area contributed by atoms with Gasteiger partial charge < -0.3 is 11.1 Å². The second-order valence-electron chi connectivity index (χ2n) is 6.73. The van der Waals surface area contributed by atoms with E-state index in [2.05, 4.69) is 22.6 Å². The smallest absolute Gasteiger partial charge is 0.161 e. The summed E-state index contributed by atoms with van der Waals surface area (Å²) >= 11 is 6.16. The minimum Gasteiger partial charge on any atom is -0.367 e. The van der Waals surface area contributed by atoms with Crippen LogP contribution in [0.15, 0.2) is 41.7 Å². The largest absolute Gasteiger partial charge is 0.367 e. The number of anilines is 1. The number of hydrogen-bond acceptors (Lipinski definition) is 4. The number of nitrogens with zero attached hydrogens (tertiary/aromatic N) is 3. The van der Waals surface area contributed by atoms with Crippen molar-refractivity contribution < 1.29 is 0 Å². The molecule has 2 aliphatic carbocycles. The summed E-state index contributed by atoms with van der Waals surface area (Å²) in [5.41, 5.74) is 8.00. The van der Waals surface area contributed by atoms with Crippen molar-refractivity contribution in [2.24, 2.45) is 5.73 Å². The standard InChI is InChI=1S/C18H22ClN5/c19-13-3-1-2-12(10-13)16-11-21-24-9-8-17(23-18(16)24)22-15-6-4-14(20)5-7-15/h1,3,8-12,14-15H,2,4-7,20H2,(H,22,23). The number of halogens is 1. The first-order chi connectivity index (χ1) is 11.7. The molecule has 1 fully saturated rings. The maximum Gasteiger partial charge on any atom is 0.161 e. The number of allylic oxidation sites excluding steroid dienone is 4. The van der Waals surface area contributed by atoms with Crippen molar-refractivity contribution in [3.63, 3.8) is 0 Å². The number of nitrogens with one attached hydrogen (secondary N) is 1. The molecule has 0 aliphatic heterocycles. The normalized spacial score (nSPS) is 27.2. The second kappa shape index (κ2) is 6.57. The van der Waals surface area contributed by atoms with Gasteiger partial charge in [0.1, 0.15) is 5.82 Å². The van der Waals surface area contributed by atoms with Crippen LogP contribution in [0.4, 0.5) is 5.82 Å². The lowest BCUT2D eigenvalue weighted by Gasteiger charge is -2.27. The molecule has 2 aromatic rings. The van der Waals surface area contributed by atoms with Crippen LogP contribution in [0.2, 0.25) is 0 Å². The van der Waals surface area contributed by atoms with E-state index in [1.807, 2.05) is 29.1 Å². The van der Waals surface area contributed by atoms with Crippen LogP contribution in [0.5, 0.6) is 0 Å². The molecular weight excluding hydrogens is 322 g/mol. The van der Waals surface area contributed by atoms with E-state index in [4.69, 9.17) is 22.3 Å². The van der Waals surface area contributed by atoms with Gasteiger partial charge in [0.2, 0.25) is 0 Å². The summed E-state index contributed by atoms with van der Waals surface area (Å²) in [5.74, 6) is 1.14. The first kappa shape index (κ1) is 15.7. The Hall–Kier alpha value is -1.85. The average Bonchev–Trinajstić information content (AvgIpc) is 3.00. The quantitative estimate of drug-likeness (QED) is 0.893. The van der Waals surface area contributed by atoms with Crippen LogP contribution in [0, 0.1) is 0 Å². The summed E-state index contributed by atoms with van der Waals surface area (Å²) < 4.78 is 1.83. The molecule has 4 rings (SSSR count). The molecule has 0 saturated heterocycles. The Kier molecular flexibility index (Phi) is 4.29. The van der Waals surface area contributed by atoms with E-state index in [0.29, 0.717) is 12.1 Å². The van der Waals surface area contributed by atoms with Crippen LogP contribution in [0.25, 0.3) is 5.65 Å². The van der Waals surface area contributed by atoms with Crippen molar-refractivity contribution in [2.75, 3.05) is 5.32 Å². The highest BCUT2D eigenvalue weighted by Gasteiger charge is 2.20. The average molecular weight is 344 g/mol. The summed E-state index contributed by atoms with van der Waals surface area (Å²) in [6.45, 7) is 0. The van der Waals surface area contributed by atoms with Gasteiger partial charge in [0.15, 0.2) is 5.65 Å². The molecule has 126 valence electrons. The molecule has 2 heterocycles. The predicted molar refractivity (Wildman–Crippen MR) is 97.3 cm³/mol. The molecule has 24 heavy (non-hydrogen) atoms. The maximum absolute atomic E-state index is 6.16. The third-order valence-electron chi connectivity index (χ3n) is 4.95. The van der Waals surface area contributed by atoms with E-state index in [1.54, 1.807) is 0 Å². The van der Waals surface area contributed by atoms with Gasteiger partial charge in [0.25, 0.3) is 0 Å². The zero-order chi connectivity index (χ0) is 16.5. The zero-order valence-corrected chi connectivity index (χ0v) is 14.3. The first-order valence-electron chi connectivity index (χ1n) is 8.59. The van der Waals surface area contributed by atoms with Gasteiger partial charge in [-0.1, -0.05) is 23.8 Å². The molecule has 0 bridgehead atoms. The summed E-state index contributed by atoms with van der Waals surface area (Å²) in [6, 6.07) is 2.80. The minimum absolute atomic E-state index is 0.232. The topological polar surface area (TPSA) is 68.2 Å². The van der Waals surface area contributed by atoms with Gasteiger partial charge in [-0.05, 0) is 44.2 Å². The zero-order valence-electron chi connectivity index (χ0n) is 13.5. The van der Waals surface area contributed by atoms with Crippen molar-refractivity contribution in [2.45, 2.75) is 50.1 Å². The van der Waals surface area contributed by atoms with Crippen LogP contribution in [-0.4, -0.2) is 26.7 Å². The molecule has 2 aromatic heterocycles. The molecule has 3 N–H and O–H groups in total. The Morgan fingerprint density at radius 2 is 2.08 bits per heavy atom. The van der Waals surface area contributed by atoms with Crippen LogP contribution >= 0.6 is 11.6 Å². The third-order valence-corrected chi connectivity index (χ3v) is 5.20. The maximum atomic E-state index is 6.16. The molecule has 1 saturated carbocycles. The van der Waals surface area contributed by atoms with Crippen molar-refractivity contribution in [3.8, 4) is 0 Å². The monoisotopic (exact) mass is 343 g/mol. The Morgan fingerprint density at radius 3 is 2.88 bits per heavy atom. The molecule has 0 spiro atoms. The van der Waals surface area contributed by atoms with Crippen molar-refractivity contribution in [1.29, 1.82) is 0 Å². The summed E-state index contributed by atoms with van der Waals surface area (Å²) in [6.07, 6.45) is 15.3. The first-order valence-corrected chi connectivity index (χ1v) is 8.97. The molecule has 0 radical (unpaired) electrons. The van der Waals surface area contributed by atoms with Gasteiger partial charge in [0, 0.05) is 34.8 Å². The molecule has 1 atom stereocenters. The molecule has 2 aliphatic rings. The molecule has 0 amide bonds. The van der Waals surface area contributed by atoms with Crippen LogP contribution in [0.3, 0.4) is 0 Å². The van der Waals surface area contributed by atoms with Crippen LogP contribution < -0.4 is 11.1 Å². The molecule has 5 nitrogen and oxygen atoms in total. The highest BCUT2D eigenvalue weighted by Crippen LogP contribution is 2.31. The van der Waals surface area contributed by atoms with Gasteiger partial charge in [-0.15, -0.1) is 0 Å².